The van der Waals surface area contributed by atoms with Crippen molar-refractivity contribution in [2.24, 2.45) is 5.92 Å². The third-order valence-corrected chi connectivity index (χ3v) is 3.71. The second-order valence-electron chi connectivity index (χ2n) is 4.98. The van der Waals surface area contributed by atoms with Gasteiger partial charge in [0.2, 0.25) is 0 Å². The molecule has 0 bridgehead atoms. The maximum atomic E-state index is 12.7. The Morgan fingerprint density at radius 3 is 2.42 bits per heavy atom. The Labute approximate surface area is 109 Å². The van der Waals surface area contributed by atoms with E-state index in [4.69, 9.17) is 0 Å². The van der Waals surface area contributed by atoms with Gasteiger partial charge in [-0.05, 0) is 30.4 Å². The number of hydrogen-bond acceptors (Lipinski definition) is 1. The average molecular weight is 272 g/mol. The van der Waals surface area contributed by atoms with E-state index >= 15 is 0 Å². The molecule has 19 heavy (non-hydrogen) atoms. The van der Waals surface area contributed by atoms with Gasteiger partial charge in [-0.25, -0.2) is 0 Å². The maximum absolute atomic E-state index is 12.7. The first kappa shape index (κ1) is 13.9. The van der Waals surface area contributed by atoms with Crippen LogP contribution in [-0.4, -0.2) is 11.1 Å². The molecule has 0 radical (unpaired) electrons. The first-order valence-corrected chi connectivity index (χ1v) is 6.29. The van der Waals surface area contributed by atoms with Gasteiger partial charge in [-0.15, -0.1) is 0 Å². The SMILES string of the molecule is O=C(O)C(c1cccc(C(F)(F)F)c1)C1CCCC1. The van der Waals surface area contributed by atoms with E-state index < -0.39 is 23.6 Å². The summed E-state index contributed by atoms with van der Waals surface area (Å²) in [5.41, 5.74) is -0.525. The van der Waals surface area contributed by atoms with E-state index in [1.165, 1.54) is 12.1 Å². The zero-order chi connectivity index (χ0) is 14.0. The van der Waals surface area contributed by atoms with Crippen LogP contribution in [0.1, 0.15) is 42.7 Å². The highest BCUT2D eigenvalue weighted by Gasteiger charge is 2.35. The summed E-state index contributed by atoms with van der Waals surface area (Å²) in [7, 11) is 0. The fourth-order valence-corrected chi connectivity index (χ4v) is 2.82. The number of alkyl halides is 3. The summed E-state index contributed by atoms with van der Waals surface area (Å²) in [4.78, 5) is 11.4. The minimum absolute atomic E-state index is 0.0546. The molecule has 2 rings (SSSR count). The van der Waals surface area contributed by atoms with E-state index in [0.29, 0.717) is 0 Å². The highest BCUT2D eigenvalue weighted by molar-refractivity contribution is 5.76. The fraction of sp³-hybridized carbons (Fsp3) is 0.500. The Morgan fingerprint density at radius 2 is 1.89 bits per heavy atom. The van der Waals surface area contributed by atoms with Crippen LogP contribution in [0.4, 0.5) is 13.2 Å². The van der Waals surface area contributed by atoms with Crippen LogP contribution in [0.15, 0.2) is 24.3 Å². The summed E-state index contributed by atoms with van der Waals surface area (Å²) < 4.78 is 38.0. The molecule has 1 aliphatic carbocycles. The van der Waals surface area contributed by atoms with E-state index in [1.54, 1.807) is 0 Å². The van der Waals surface area contributed by atoms with Gasteiger partial charge < -0.3 is 5.11 Å². The normalized spacial score (nSPS) is 18.5. The lowest BCUT2D eigenvalue weighted by atomic mass is 9.84. The number of carboxylic acids is 1. The first-order chi connectivity index (χ1) is 8.89. The Balaban J connectivity index is 2.34. The van der Waals surface area contributed by atoms with E-state index in [-0.39, 0.29) is 11.5 Å². The molecule has 1 aromatic carbocycles. The van der Waals surface area contributed by atoms with E-state index in [9.17, 15) is 23.1 Å². The topological polar surface area (TPSA) is 37.3 Å². The van der Waals surface area contributed by atoms with Crippen molar-refractivity contribution in [2.75, 3.05) is 0 Å². The molecule has 1 fully saturated rings. The molecule has 1 N–H and O–H groups in total. The molecule has 0 amide bonds. The van der Waals surface area contributed by atoms with Crippen molar-refractivity contribution in [3.63, 3.8) is 0 Å². The molecule has 0 heterocycles. The predicted molar refractivity (Wildman–Crippen MR) is 63.8 cm³/mol. The first-order valence-electron chi connectivity index (χ1n) is 6.29. The van der Waals surface area contributed by atoms with Crippen molar-refractivity contribution in [3.8, 4) is 0 Å². The number of benzene rings is 1. The smallest absolute Gasteiger partial charge is 0.416 e. The monoisotopic (exact) mass is 272 g/mol. The van der Waals surface area contributed by atoms with Crippen LogP contribution in [0, 0.1) is 5.92 Å². The van der Waals surface area contributed by atoms with Crippen molar-refractivity contribution in [3.05, 3.63) is 35.4 Å². The third kappa shape index (κ3) is 3.08. The molecule has 1 aromatic rings. The van der Waals surface area contributed by atoms with Crippen molar-refractivity contribution in [1.82, 2.24) is 0 Å². The molecule has 5 heteroatoms. The van der Waals surface area contributed by atoms with Crippen molar-refractivity contribution >= 4 is 5.97 Å². The van der Waals surface area contributed by atoms with Gasteiger partial charge in [0, 0.05) is 0 Å². The van der Waals surface area contributed by atoms with E-state index in [1.807, 2.05) is 0 Å². The zero-order valence-electron chi connectivity index (χ0n) is 10.3. The van der Waals surface area contributed by atoms with Gasteiger partial charge in [-0.3, -0.25) is 4.79 Å². The molecule has 0 aliphatic heterocycles. The summed E-state index contributed by atoms with van der Waals surface area (Å²) in [6.07, 6.45) is -0.990. The summed E-state index contributed by atoms with van der Waals surface area (Å²) in [5, 5.41) is 9.30. The highest BCUT2D eigenvalue weighted by Crippen LogP contribution is 2.39. The van der Waals surface area contributed by atoms with Crippen molar-refractivity contribution in [2.45, 2.75) is 37.8 Å². The van der Waals surface area contributed by atoms with Gasteiger partial charge in [0.25, 0.3) is 0 Å². The number of halogens is 3. The lowest BCUT2D eigenvalue weighted by molar-refractivity contribution is -0.141. The molecule has 0 aromatic heterocycles. The van der Waals surface area contributed by atoms with Crippen LogP contribution in [-0.2, 0) is 11.0 Å². The van der Waals surface area contributed by atoms with Gasteiger partial charge in [0.15, 0.2) is 0 Å². The van der Waals surface area contributed by atoms with Gasteiger partial charge in [-0.2, -0.15) is 13.2 Å². The third-order valence-electron chi connectivity index (χ3n) is 3.71. The number of rotatable bonds is 3. The molecule has 2 nitrogen and oxygen atoms in total. The number of carbonyl (C=O) groups is 1. The fourth-order valence-electron chi connectivity index (χ4n) is 2.82. The zero-order valence-corrected chi connectivity index (χ0v) is 10.3. The molecule has 1 atom stereocenters. The second kappa shape index (κ2) is 5.23. The standard InChI is InChI=1S/C14H15F3O2/c15-14(16,17)11-7-3-6-10(8-11)12(13(18)19)9-4-1-2-5-9/h3,6-9,12H,1-2,4-5H2,(H,18,19). The molecule has 1 aliphatic rings. The van der Waals surface area contributed by atoms with Gasteiger partial charge in [-0.1, -0.05) is 31.0 Å². The number of carboxylic acid groups (broad SMARTS) is 1. The van der Waals surface area contributed by atoms with Crippen molar-refractivity contribution < 1.29 is 23.1 Å². The van der Waals surface area contributed by atoms with Crippen LogP contribution in [0.25, 0.3) is 0 Å². The quantitative estimate of drug-likeness (QED) is 0.900. The summed E-state index contributed by atoms with van der Waals surface area (Å²) in [6.45, 7) is 0. The molecule has 1 saturated carbocycles. The molecular weight excluding hydrogens is 257 g/mol. The average Bonchev–Trinajstić information content (AvgIpc) is 2.81. The number of aliphatic carboxylic acids is 1. The van der Waals surface area contributed by atoms with Gasteiger partial charge >= 0.3 is 12.1 Å². The van der Waals surface area contributed by atoms with Gasteiger partial charge in [0.1, 0.15) is 0 Å². The predicted octanol–water partition coefficient (Wildman–Crippen LogP) is 4.06. The van der Waals surface area contributed by atoms with Crippen molar-refractivity contribution in [1.29, 1.82) is 0 Å². The Hall–Kier alpha value is -1.52. The molecule has 0 saturated heterocycles. The minimum Gasteiger partial charge on any atom is -0.481 e. The minimum atomic E-state index is -4.44. The molecule has 0 spiro atoms. The molecule has 104 valence electrons. The summed E-state index contributed by atoms with van der Waals surface area (Å²) >= 11 is 0. The highest BCUT2D eigenvalue weighted by atomic mass is 19.4. The lowest BCUT2D eigenvalue weighted by Gasteiger charge is -2.20. The maximum Gasteiger partial charge on any atom is 0.416 e. The van der Waals surface area contributed by atoms with Crippen LogP contribution in [0.3, 0.4) is 0 Å². The van der Waals surface area contributed by atoms with Crippen LogP contribution < -0.4 is 0 Å². The lowest BCUT2D eigenvalue weighted by Crippen LogP contribution is -2.20. The van der Waals surface area contributed by atoms with Crippen LogP contribution >= 0.6 is 0 Å². The van der Waals surface area contributed by atoms with E-state index in [2.05, 4.69) is 0 Å². The van der Waals surface area contributed by atoms with Crippen LogP contribution in [0.5, 0.6) is 0 Å². The van der Waals surface area contributed by atoms with Gasteiger partial charge in [0.05, 0.1) is 11.5 Å². The Bertz CT molecular complexity index is 462. The largest absolute Gasteiger partial charge is 0.481 e. The molecule has 1 unspecified atom stereocenters. The van der Waals surface area contributed by atoms with E-state index in [0.717, 1.165) is 37.8 Å². The Morgan fingerprint density at radius 1 is 1.26 bits per heavy atom. The molecular formula is C14H15F3O2. The van der Waals surface area contributed by atoms with Crippen LogP contribution in [0.2, 0.25) is 0 Å². The summed E-state index contributed by atoms with van der Waals surface area (Å²) in [5.74, 6) is -1.92. The second-order valence-corrected chi connectivity index (χ2v) is 4.98. The Kier molecular flexibility index (Phi) is 3.83. The number of hydrogen-bond donors (Lipinski definition) is 1. The summed E-state index contributed by atoms with van der Waals surface area (Å²) in [6, 6.07) is 4.70.